The van der Waals surface area contributed by atoms with E-state index in [9.17, 15) is 14.7 Å². The zero-order valence-electron chi connectivity index (χ0n) is 19.3. The third-order valence-corrected chi connectivity index (χ3v) is 6.36. The lowest BCUT2D eigenvalue weighted by molar-refractivity contribution is 0.102. The molecule has 3 aromatic rings. The van der Waals surface area contributed by atoms with E-state index >= 15 is 0 Å². The monoisotopic (exact) mass is 446 g/mol. The fourth-order valence-electron chi connectivity index (χ4n) is 3.91. The van der Waals surface area contributed by atoms with Gasteiger partial charge in [-0.1, -0.05) is 31.5 Å². The van der Waals surface area contributed by atoms with Gasteiger partial charge >= 0.3 is 6.03 Å². The second-order valence-electron chi connectivity index (χ2n) is 8.75. The lowest BCUT2D eigenvalue weighted by Gasteiger charge is -2.25. The molecule has 7 nitrogen and oxygen atoms in total. The van der Waals surface area contributed by atoms with Crippen LogP contribution < -0.4 is 10.6 Å². The Morgan fingerprint density at radius 1 is 1.18 bits per heavy atom. The molecule has 1 saturated carbocycles. The Morgan fingerprint density at radius 2 is 1.94 bits per heavy atom. The predicted molar refractivity (Wildman–Crippen MR) is 129 cm³/mol. The Bertz CT molecular complexity index is 1180. The topological polar surface area (TPSA) is 96.3 Å². The van der Waals surface area contributed by atoms with Gasteiger partial charge in [0.05, 0.1) is 11.4 Å². The van der Waals surface area contributed by atoms with Crippen molar-refractivity contribution in [1.29, 1.82) is 0 Å². The highest BCUT2D eigenvalue weighted by Gasteiger charge is 2.28. The highest BCUT2D eigenvalue weighted by atomic mass is 16.3. The van der Waals surface area contributed by atoms with Crippen molar-refractivity contribution in [3.63, 3.8) is 0 Å². The molecule has 33 heavy (non-hydrogen) atoms. The number of carbonyl (C=O) groups is 2. The summed E-state index contributed by atoms with van der Waals surface area (Å²) in [7, 11) is 0. The van der Waals surface area contributed by atoms with Gasteiger partial charge in [-0.25, -0.2) is 4.79 Å². The second kappa shape index (κ2) is 9.48. The minimum atomic E-state index is -0.251. The molecule has 1 unspecified atom stereocenters. The highest BCUT2D eigenvalue weighted by molar-refractivity contribution is 6.05. The molecular formula is C26H30N4O3. The van der Waals surface area contributed by atoms with Gasteiger partial charge in [0, 0.05) is 34.8 Å². The number of hydrogen-bond donors (Lipinski definition) is 3. The number of nitrogens with one attached hydrogen (secondary N) is 2. The second-order valence-corrected chi connectivity index (χ2v) is 8.75. The van der Waals surface area contributed by atoms with E-state index in [1.165, 1.54) is 10.7 Å². The molecule has 4 rings (SSSR count). The number of phenolic OH excluding ortho intramolecular Hbond substituents is 1. The maximum absolute atomic E-state index is 12.8. The van der Waals surface area contributed by atoms with Gasteiger partial charge in [-0.3, -0.25) is 4.79 Å². The summed E-state index contributed by atoms with van der Waals surface area (Å²) in [5.41, 5.74) is 3.86. The molecule has 0 bridgehead atoms. The quantitative estimate of drug-likeness (QED) is 0.470. The third-order valence-electron chi connectivity index (χ3n) is 6.36. The van der Waals surface area contributed by atoms with Crippen molar-refractivity contribution in [2.24, 2.45) is 0 Å². The van der Waals surface area contributed by atoms with Crippen LogP contribution in [0.5, 0.6) is 5.75 Å². The molecule has 172 valence electrons. The fraction of sp³-hybridized carbons (Fsp3) is 0.346. The molecular weight excluding hydrogens is 416 g/mol. The smallest absolute Gasteiger partial charge is 0.342 e. The Morgan fingerprint density at radius 3 is 2.58 bits per heavy atom. The molecule has 1 aromatic heterocycles. The van der Waals surface area contributed by atoms with Crippen LogP contribution in [0.4, 0.5) is 10.5 Å². The Labute approximate surface area is 193 Å². The van der Waals surface area contributed by atoms with E-state index in [0.29, 0.717) is 28.4 Å². The van der Waals surface area contributed by atoms with E-state index in [1.807, 2.05) is 45.0 Å². The van der Waals surface area contributed by atoms with Crippen molar-refractivity contribution < 1.29 is 14.7 Å². The summed E-state index contributed by atoms with van der Waals surface area (Å²) in [5, 5.41) is 21.1. The summed E-state index contributed by atoms with van der Waals surface area (Å²) < 4.78 is 1.44. The van der Waals surface area contributed by atoms with Crippen molar-refractivity contribution in [1.82, 2.24) is 15.1 Å². The van der Waals surface area contributed by atoms with E-state index in [-0.39, 0.29) is 23.7 Å². The number of nitrogens with zero attached hydrogens (tertiary/aromatic N) is 2. The van der Waals surface area contributed by atoms with Crippen LogP contribution in [-0.2, 0) is 0 Å². The third kappa shape index (κ3) is 4.77. The van der Waals surface area contributed by atoms with Gasteiger partial charge in [0.2, 0.25) is 0 Å². The van der Waals surface area contributed by atoms with Crippen LogP contribution in [-0.4, -0.2) is 32.9 Å². The van der Waals surface area contributed by atoms with Gasteiger partial charge in [-0.15, -0.1) is 0 Å². The van der Waals surface area contributed by atoms with Crippen molar-refractivity contribution in [2.75, 3.05) is 5.32 Å². The standard InChI is InChI=1S/C26H30N4O3/c1-4-17(3)27-26(33)30-23(18-9-7-10-18)15-22(29-30)21-13-12-19(14-24(21)31)28-25(32)20-11-6-5-8-16(20)2/h5-6,8,11-15,17-18,31H,4,7,9-10H2,1-3H3,(H,27,33)(H,28,32). The van der Waals surface area contributed by atoms with Crippen LogP contribution >= 0.6 is 0 Å². The summed E-state index contributed by atoms with van der Waals surface area (Å²) in [6.07, 6.45) is 4.02. The zero-order chi connectivity index (χ0) is 23.5. The Hall–Kier alpha value is -3.61. The molecule has 7 heteroatoms. The van der Waals surface area contributed by atoms with Crippen molar-refractivity contribution in [3.8, 4) is 17.0 Å². The van der Waals surface area contributed by atoms with E-state index in [1.54, 1.807) is 18.2 Å². The maximum Gasteiger partial charge on any atom is 0.342 e. The van der Waals surface area contributed by atoms with Crippen LogP contribution in [0.1, 0.15) is 67.1 Å². The lowest BCUT2D eigenvalue weighted by atomic mass is 9.82. The van der Waals surface area contributed by atoms with E-state index in [0.717, 1.165) is 36.9 Å². The molecule has 0 saturated heterocycles. The van der Waals surface area contributed by atoms with Crippen LogP contribution in [0, 0.1) is 6.92 Å². The number of anilines is 1. The average Bonchev–Trinajstić information content (AvgIpc) is 3.17. The number of rotatable bonds is 6. The molecule has 0 aliphatic heterocycles. The lowest BCUT2D eigenvalue weighted by Crippen LogP contribution is -2.37. The molecule has 0 radical (unpaired) electrons. The Balaban J connectivity index is 1.59. The highest BCUT2D eigenvalue weighted by Crippen LogP contribution is 2.39. The van der Waals surface area contributed by atoms with Gasteiger partial charge in [-0.2, -0.15) is 9.78 Å². The largest absolute Gasteiger partial charge is 0.507 e. The summed E-state index contributed by atoms with van der Waals surface area (Å²) in [5.74, 6) is 0.0481. The molecule has 1 heterocycles. The number of aromatic hydroxyl groups is 1. The predicted octanol–water partition coefficient (Wildman–Crippen LogP) is 5.44. The number of phenols is 1. The SMILES string of the molecule is CCC(C)NC(=O)n1nc(-c2ccc(NC(=O)c3ccccc3C)cc2O)cc1C1CCC1. The maximum atomic E-state index is 12.8. The Kier molecular flexibility index (Phi) is 6.49. The zero-order valence-corrected chi connectivity index (χ0v) is 19.3. The number of carbonyl (C=O) groups excluding carboxylic acids is 2. The van der Waals surface area contributed by atoms with Gasteiger partial charge in [0.1, 0.15) is 5.75 Å². The summed E-state index contributed by atoms with van der Waals surface area (Å²) >= 11 is 0. The molecule has 2 amide bonds. The number of amides is 2. The van der Waals surface area contributed by atoms with Crippen LogP contribution in [0.3, 0.4) is 0 Å². The van der Waals surface area contributed by atoms with Gasteiger partial charge in [0.25, 0.3) is 5.91 Å². The minimum Gasteiger partial charge on any atom is -0.507 e. The summed E-state index contributed by atoms with van der Waals surface area (Å²) in [6.45, 7) is 5.85. The fourth-order valence-corrected chi connectivity index (χ4v) is 3.91. The molecule has 1 aliphatic rings. The van der Waals surface area contributed by atoms with Crippen molar-refractivity contribution in [3.05, 3.63) is 65.4 Å². The average molecular weight is 447 g/mol. The molecule has 1 atom stereocenters. The molecule has 1 fully saturated rings. The first-order valence-corrected chi connectivity index (χ1v) is 11.5. The van der Waals surface area contributed by atoms with E-state index in [4.69, 9.17) is 0 Å². The summed E-state index contributed by atoms with van der Waals surface area (Å²) in [6, 6.07) is 14.0. The van der Waals surface area contributed by atoms with Crippen LogP contribution in [0.25, 0.3) is 11.3 Å². The normalized spacial score (nSPS) is 14.4. The molecule has 1 aliphatic carbocycles. The van der Waals surface area contributed by atoms with Crippen molar-refractivity contribution >= 4 is 17.6 Å². The number of aromatic nitrogens is 2. The van der Waals surface area contributed by atoms with E-state index in [2.05, 4.69) is 15.7 Å². The first-order valence-electron chi connectivity index (χ1n) is 11.5. The number of hydrogen-bond acceptors (Lipinski definition) is 4. The van der Waals surface area contributed by atoms with Crippen LogP contribution in [0.2, 0.25) is 0 Å². The molecule has 2 aromatic carbocycles. The molecule has 0 spiro atoms. The van der Waals surface area contributed by atoms with E-state index < -0.39 is 0 Å². The first-order chi connectivity index (χ1) is 15.9. The first kappa shape index (κ1) is 22.6. The minimum absolute atomic E-state index is 0.00951. The van der Waals surface area contributed by atoms with Crippen LogP contribution in [0.15, 0.2) is 48.5 Å². The number of aryl methyl sites for hydroxylation is 1. The molecule has 3 N–H and O–H groups in total. The van der Waals surface area contributed by atoms with Gasteiger partial charge in [0.15, 0.2) is 0 Å². The van der Waals surface area contributed by atoms with Gasteiger partial charge < -0.3 is 15.7 Å². The van der Waals surface area contributed by atoms with Crippen molar-refractivity contribution in [2.45, 2.75) is 58.4 Å². The number of benzene rings is 2. The van der Waals surface area contributed by atoms with Gasteiger partial charge in [-0.05, 0) is 62.9 Å². The summed E-state index contributed by atoms with van der Waals surface area (Å²) in [4.78, 5) is 25.4.